The summed E-state index contributed by atoms with van der Waals surface area (Å²) in [6.45, 7) is 6.59. The van der Waals surface area contributed by atoms with Gasteiger partial charge >= 0.3 is 12.2 Å². The molecule has 1 atom stereocenters. The Labute approximate surface area is 225 Å². The number of nitrogens with zero attached hydrogens (tertiary/aromatic N) is 3. The summed E-state index contributed by atoms with van der Waals surface area (Å²) in [5, 5.41) is 25.0. The van der Waals surface area contributed by atoms with Crippen molar-refractivity contribution in [3.63, 3.8) is 0 Å². The molecule has 212 valence electrons. The van der Waals surface area contributed by atoms with E-state index in [9.17, 15) is 29.5 Å². The molecule has 2 heterocycles. The first-order valence-electron chi connectivity index (χ1n) is 13.9. The number of amides is 4. The number of carbonyl (C=O) groups is 4. The van der Waals surface area contributed by atoms with Crippen LogP contribution >= 0.6 is 0 Å². The predicted octanol–water partition coefficient (Wildman–Crippen LogP) is 3.24. The van der Waals surface area contributed by atoms with Crippen LogP contribution in [0.15, 0.2) is 0 Å². The highest BCUT2D eigenvalue weighted by Gasteiger charge is 2.40. The highest BCUT2D eigenvalue weighted by molar-refractivity contribution is 5.89. The van der Waals surface area contributed by atoms with Gasteiger partial charge in [-0.15, -0.1) is 0 Å². The monoisotopic (exact) mass is 533 g/mol. The Hall–Kier alpha value is -3.03. The second kappa shape index (κ2) is 12.7. The third-order valence-electron chi connectivity index (χ3n) is 7.91. The van der Waals surface area contributed by atoms with E-state index >= 15 is 0 Å². The number of hydrogen-bond acceptors (Lipinski definition) is 6. The lowest BCUT2D eigenvalue weighted by Crippen LogP contribution is -2.60. The average molecular weight is 534 g/mol. The molecule has 3 fully saturated rings. The van der Waals surface area contributed by atoms with Gasteiger partial charge in [-0.05, 0) is 46.0 Å². The van der Waals surface area contributed by atoms with Gasteiger partial charge in [0.1, 0.15) is 17.2 Å². The van der Waals surface area contributed by atoms with Crippen molar-refractivity contribution in [1.29, 1.82) is 5.26 Å². The van der Waals surface area contributed by atoms with Crippen molar-refractivity contribution in [3.05, 3.63) is 0 Å². The molecular weight excluding hydrogens is 490 g/mol. The van der Waals surface area contributed by atoms with Gasteiger partial charge in [0.05, 0.1) is 6.07 Å². The Morgan fingerprint density at radius 3 is 2.13 bits per heavy atom. The first kappa shape index (κ1) is 29.5. The highest BCUT2D eigenvalue weighted by atomic mass is 16.6. The lowest BCUT2D eigenvalue weighted by molar-refractivity contribution is -0.133. The Morgan fingerprint density at radius 1 is 1.00 bits per heavy atom. The number of carbonyl (C=O) groups excluding carboxylic acids is 3. The molecule has 0 aromatic rings. The van der Waals surface area contributed by atoms with E-state index in [1.165, 1.54) is 11.3 Å². The van der Waals surface area contributed by atoms with Crippen molar-refractivity contribution in [1.82, 2.24) is 20.4 Å². The fourth-order valence-corrected chi connectivity index (χ4v) is 5.60. The number of rotatable bonds is 6. The van der Waals surface area contributed by atoms with E-state index in [2.05, 4.69) is 16.7 Å². The fourth-order valence-electron chi connectivity index (χ4n) is 5.60. The van der Waals surface area contributed by atoms with Crippen molar-refractivity contribution in [3.8, 4) is 6.07 Å². The first-order valence-corrected chi connectivity index (χ1v) is 13.9. The minimum Gasteiger partial charge on any atom is -0.465 e. The molecule has 0 spiro atoms. The number of carboxylic acid groups (broad SMARTS) is 1. The van der Waals surface area contributed by atoms with Gasteiger partial charge < -0.3 is 30.3 Å². The average Bonchev–Trinajstić information content (AvgIpc) is 2.88. The molecule has 2 aliphatic heterocycles. The molecule has 1 saturated carbocycles. The van der Waals surface area contributed by atoms with Crippen LogP contribution in [-0.2, 0) is 14.3 Å². The quantitative estimate of drug-likeness (QED) is 0.474. The summed E-state index contributed by atoms with van der Waals surface area (Å²) < 4.78 is 5.44. The highest BCUT2D eigenvalue weighted by Crippen LogP contribution is 2.29. The first-order chi connectivity index (χ1) is 17.9. The lowest BCUT2D eigenvalue weighted by atomic mass is 9.83. The van der Waals surface area contributed by atoms with E-state index < -0.39 is 23.3 Å². The van der Waals surface area contributed by atoms with Gasteiger partial charge in [-0.25, -0.2) is 9.59 Å². The molecule has 11 nitrogen and oxygen atoms in total. The molecule has 1 unspecified atom stereocenters. The smallest absolute Gasteiger partial charge is 0.410 e. The van der Waals surface area contributed by atoms with E-state index in [-0.39, 0.29) is 49.8 Å². The van der Waals surface area contributed by atoms with Gasteiger partial charge in [0.15, 0.2) is 0 Å². The zero-order chi connectivity index (χ0) is 27.9. The van der Waals surface area contributed by atoms with Gasteiger partial charge in [0.25, 0.3) is 0 Å². The van der Waals surface area contributed by atoms with Gasteiger partial charge in [-0.2, -0.15) is 5.26 Å². The Kier molecular flexibility index (Phi) is 9.85. The van der Waals surface area contributed by atoms with Crippen LogP contribution in [0.1, 0.15) is 85.0 Å². The summed E-state index contributed by atoms with van der Waals surface area (Å²) in [5.41, 5.74) is -1.74. The maximum absolute atomic E-state index is 13.5. The normalized spacial score (nSPS) is 21.6. The van der Waals surface area contributed by atoms with Gasteiger partial charge in [0.2, 0.25) is 11.8 Å². The predicted molar refractivity (Wildman–Crippen MR) is 139 cm³/mol. The second-order valence-corrected chi connectivity index (χ2v) is 12.0. The summed E-state index contributed by atoms with van der Waals surface area (Å²) in [6.07, 6.45) is 5.84. The molecule has 11 heteroatoms. The molecule has 0 radical (unpaired) electrons. The zero-order valence-corrected chi connectivity index (χ0v) is 23.0. The standard InChI is InChI=1S/C27H43N5O6/c1-26(2,3)38-25(37)32-13-9-20(10-14-32)22(33)29-21(17-19-7-5-4-6-8-19)23(34)30-27(18-28)11-15-31(16-12-27)24(35)36/h19-21H,4-17H2,1-3H3,(H,29,33)(H,30,34)(H,35,36). The van der Waals surface area contributed by atoms with Gasteiger partial charge in [-0.3, -0.25) is 9.59 Å². The van der Waals surface area contributed by atoms with Crippen LogP contribution in [0.25, 0.3) is 0 Å². The van der Waals surface area contributed by atoms with E-state index in [4.69, 9.17) is 4.74 Å². The number of nitriles is 1. The number of hydrogen-bond donors (Lipinski definition) is 3. The van der Waals surface area contributed by atoms with Crippen molar-refractivity contribution in [2.24, 2.45) is 11.8 Å². The number of nitrogens with one attached hydrogen (secondary N) is 2. The maximum atomic E-state index is 13.5. The third-order valence-corrected chi connectivity index (χ3v) is 7.91. The Balaban J connectivity index is 1.62. The molecule has 3 N–H and O–H groups in total. The molecule has 38 heavy (non-hydrogen) atoms. The van der Waals surface area contributed by atoms with Crippen molar-refractivity contribution in [2.45, 2.75) is 102 Å². The van der Waals surface area contributed by atoms with E-state index in [1.54, 1.807) is 4.90 Å². The van der Waals surface area contributed by atoms with Crippen LogP contribution < -0.4 is 10.6 Å². The minimum absolute atomic E-state index is 0.166. The molecule has 3 rings (SSSR count). The lowest BCUT2D eigenvalue weighted by Gasteiger charge is -2.38. The van der Waals surface area contributed by atoms with Gasteiger partial charge in [-0.1, -0.05) is 32.1 Å². The number of piperidine rings is 2. The van der Waals surface area contributed by atoms with E-state index in [1.807, 2.05) is 20.8 Å². The van der Waals surface area contributed by atoms with Crippen molar-refractivity contribution in [2.75, 3.05) is 26.2 Å². The number of likely N-dealkylation sites (tertiary alicyclic amines) is 2. The third kappa shape index (κ3) is 8.23. The summed E-state index contributed by atoms with van der Waals surface area (Å²) in [6, 6.07) is 1.43. The van der Waals surface area contributed by atoms with Crippen LogP contribution in [0, 0.1) is 23.2 Å². The topological polar surface area (TPSA) is 152 Å². The molecule has 3 aliphatic rings. The SMILES string of the molecule is CC(C)(C)OC(=O)N1CCC(C(=O)NC(CC2CCCCC2)C(=O)NC2(C#N)CCN(C(=O)O)CC2)CC1. The van der Waals surface area contributed by atoms with Crippen LogP contribution in [0.4, 0.5) is 9.59 Å². The summed E-state index contributed by atoms with van der Waals surface area (Å²) in [4.78, 5) is 53.2. The van der Waals surface area contributed by atoms with E-state index in [0.29, 0.717) is 38.3 Å². The maximum Gasteiger partial charge on any atom is 0.410 e. The molecule has 2 saturated heterocycles. The van der Waals surface area contributed by atoms with Crippen molar-refractivity contribution < 1.29 is 29.0 Å². The van der Waals surface area contributed by atoms with Crippen LogP contribution in [0.5, 0.6) is 0 Å². The summed E-state index contributed by atoms with van der Waals surface area (Å²) in [7, 11) is 0. The second-order valence-electron chi connectivity index (χ2n) is 12.0. The Morgan fingerprint density at radius 2 is 1.61 bits per heavy atom. The molecule has 1 aliphatic carbocycles. The largest absolute Gasteiger partial charge is 0.465 e. The summed E-state index contributed by atoms with van der Waals surface area (Å²) >= 11 is 0. The molecule has 4 amide bonds. The van der Waals surface area contributed by atoms with Crippen LogP contribution in [0.3, 0.4) is 0 Å². The number of ether oxygens (including phenoxy) is 1. The Bertz CT molecular complexity index is 904. The zero-order valence-electron chi connectivity index (χ0n) is 23.0. The van der Waals surface area contributed by atoms with E-state index in [0.717, 1.165) is 25.7 Å². The van der Waals surface area contributed by atoms with Gasteiger partial charge in [0, 0.05) is 44.9 Å². The van der Waals surface area contributed by atoms with Crippen LogP contribution in [-0.4, -0.2) is 82.3 Å². The van der Waals surface area contributed by atoms with Crippen LogP contribution in [0.2, 0.25) is 0 Å². The summed E-state index contributed by atoms with van der Waals surface area (Å²) in [5.74, 6) is -0.600. The minimum atomic E-state index is -1.16. The molecule has 0 aromatic heterocycles. The fraction of sp³-hybridized carbons (Fsp3) is 0.815. The molecule has 0 aromatic carbocycles. The molecular formula is C27H43N5O6. The van der Waals surface area contributed by atoms with Crippen molar-refractivity contribution >= 4 is 24.0 Å². The molecule has 0 bridgehead atoms.